The van der Waals surface area contributed by atoms with Gasteiger partial charge in [0, 0.05) is 18.0 Å². The summed E-state index contributed by atoms with van der Waals surface area (Å²) >= 11 is 0. The van der Waals surface area contributed by atoms with E-state index >= 15 is 0 Å². The molecule has 16 heavy (non-hydrogen) atoms. The van der Waals surface area contributed by atoms with E-state index in [0.29, 0.717) is 35.9 Å². The summed E-state index contributed by atoms with van der Waals surface area (Å²) in [5, 5.41) is 2.25. The molecule has 1 fully saturated rings. The van der Waals surface area contributed by atoms with Crippen LogP contribution in [0.1, 0.15) is 54.9 Å². The maximum absolute atomic E-state index is 6.15. The molecule has 0 bridgehead atoms. The highest BCUT2D eigenvalue weighted by molar-refractivity contribution is 4.91. The van der Waals surface area contributed by atoms with Crippen molar-refractivity contribution in [2.24, 2.45) is 17.8 Å². The monoisotopic (exact) mass is 227 g/mol. The van der Waals surface area contributed by atoms with Crippen LogP contribution in [0.5, 0.6) is 0 Å². The zero-order valence-corrected chi connectivity index (χ0v) is 12.0. The molecule has 3 atom stereocenters. The maximum Gasteiger partial charge on any atom is 0.0837 e. The second-order valence-corrected chi connectivity index (χ2v) is 6.06. The van der Waals surface area contributed by atoms with Crippen LogP contribution in [0.3, 0.4) is 0 Å². The molecule has 0 aromatic rings. The quantitative estimate of drug-likeness (QED) is 0.726. The topological polar surface area (TPSA) is 12.5 Å². The molecular weight excluding hydrogens is 198 g/mol. The Morgan fingerprint density at radius 3 is 1.88 bits per heavy atom. The lowest BCUT2D eigenvalue weighted by atomic mass is 9.79. The molecule has 0 aromatic carbocycles. The molecule has 1 rings (SSSR count). The van der Waals surface area contributed by atoms with Gasteiger partial charge in [-0.15, -0.1) is 0 Å². The molecule has 1 aliphatic heterocycles. The number of nitrogens with zero attached hydrogens (tertiary/aromatic N) is 1. The Hall–Kier alpha value is -0.0800. The minimum absolute atomic E-state index is 0.412. The molecule has 96 valence electrons. The second-order valence-electron chi connectivity index (χ2n) is 6.06. The highest BCUT2D eigenvalue weighted by Crippen LogP contribution is 2.39. The van der Waals surface area contributed by atoms with Crippen molar-refractivity contribution in [1.82, 2.24) is 5.06 Å². The van der Waals surface area contributed by atoms with Crippen LogP contribution in [-0.2, 0) is 4.84 Å². The molecule has 2 nitrogen and oxygen atoms in total. The van der Waals surface area contributed by atoms with Crippen molar-refractivity contribution in [2.45, 2.75) is 73.1 Å². The highest BCUT2D eigenvalue weighted by Gasteiger charge is 2.45. The molecule has 0 N–H and O–H groups in total. The molecule has 3 unspecified atom stereocenters. The van der Waals surface area contributed by atoms with Crippen molar-refractivity contribution >= 4 is 0 Å². The van der Waals surface area contributed by atoms with Crippen LogP contribution in [0.2, 0.25) is 0 Å². The Labute approximate surface area is 101 Å². The molecule has 0 amide bonds. The number of rotatable bonds is 4. The fourth-order valence-corrected chi connectivity index (χ4v) is 3.06. The van der Waals surface area contributed by atoms with Gasteiger partial charge < -0.3 is 0 Å². The third kappa shape index (κ3) is 2.60. The number of hydrogen-bond acceptors (Lipinski definition) is 2. The van der Waals surface area contributed by atoms with E-state index in [4.69, 9.17) is 4.84 Å². The predicted octanol–water partition coefficient (Wildman–Crippen LogP) is 3.72. The van der Waals surface area contributed by atoms with Crippen LogP contribution < -0.4 is 0 Å². The molecular formula is C14H29NO. The molecule has 0 saturated carbocycles. The molecule has 0 radical (unpaired) electrons. The standard InChI is InChI=1S/C14H29NO/c1-8-12-13(9(2)3)14(10(4)5)15(16-12)11(6)7/h9-14H,8H2,1-7H3. The van der Waals surface area contributed by atoms with Gasteiger partial charge in [0.15, 0.2) is 0 Å². The molecule has 0 aromatic heterocycles. The largest absolute Gasteiger partial charge is 0.295 e. The summed E-state index contributed by atoms with van der Waals surface area (Å²) in [7, 11) is 0. The van der Waals surface area contributed by atoms with E-state index in [9.17, 15) is 0 Å². The van der Waals surface area contributed by atoms with Crippen LogP contribution in [0.25, 0.3) is 0 Å². The Morgan fingerprint density at radius 2 is 1.56 bits per heavy atom. The first kappa shape index (κ1) is 14.0. The summed E-state index contributed by atoms with van der Waals surface area (Å²) in [5.41, 5.74) is 0. The SMILES string of the molecule is CCC1ON(C(C)C)C(C(C)C)C1C(C)C. The minimum atomic E-state index is 0.412. The lowest BCUT2D eigenvalue weighted by Crippen LogP contribution is -2.42. The summed E-state index contributed by atoms with van der Waals surface area (Å²) < 4.78 is 0. The average molecular weight is 227 g/mol. The van der Waals surface area contributed by atoms with E-state index in [2.05, 4.69) is 53.5 Å². The minimum Gasteiger partial charge on any atom is -0.295 e. The van der Waals surface area contributed by atoms with Gasteiger partial charge in [0.2, 0.25) is 0 Å². The van der Waals surface area contributed by atoms with Crippen LogP contribution in [-0.4, -0.2) is 23.3 Å². The summed E-state index contributed by atoms with van der Waals surface area (Å²) in [6.45, 7) is 16.0. The average Bonchev–Trinajstić information content (AvgIpc) is 2.56. The van der Waals surface area contributed by atoms with Gasteiger partial charge in [-0.1, -0.05) is 34.6 Å². The normalized spacial score (nSPS) is 32.2. The van der Waals surface area contributed by atoms with Gasteiger partial charge in [-0.05, 0) is 32.1 Å². The van der Waals surface area contributed by atoms with Crippen LogP contribution in [0, 0.1) is 17.8 Å². The molecule has 0 aliphatic carbocycles. The summed E-state index contributed by atoms with van der Waals surface area (Å²) in [6.07, 6.45) is 1.53. The van der Waals surface area contributed by atoms with Crippen LogP contribution in [0.15, 0.2) is 0 Å². The smallest absolute Gasteiger partial charge is 0.0837 e. The summed E-state index contributed by atoms with van der Waals surface area (Å²) in [6, 6.07) is 1.05. The highest BCUT2D eigenvalue weighted by atomic mass is 16.7. The maximum atomic E-state index is 6.15. The molecule has 1 saturated heterocycles. The first-order valence-corrected chi connectivity index (χ1v) is 6.85. The van der Waals surface area contributed by atoms with Crippen LogP contribution in [0.4, 0.5) is 0 Å². The van der Waals surface area contributed by atoms with E-state index in [1.165, 1.54) is 0 Å². The van der Waals surface area contributed by atoms with Crippen molar-refractivity contribution in [1.29, 1.82) is 0 Å². The van der Waals surface area contributed by atoms with E-state index in [1.807, 2.05) is 0 Å². The first-order chi connectivity index (χ1) is 7.40. The van der Waals surface area contributed by atoms with Crippen LogP contribution >= 0.6 is 0 Å². The van der Waals surface area contributed by atoms with Gasteiger partial charge in [0.05, 0.1) is 6.10 Å². The van der Waals surface area contributed by atoms with Crippen molar-refractivity contribution in [3.8, 4) is 0 Å². The fourth-order valence-electron chi connectivity index (χ4n) is 3.06. The lowest BCUT2D eigenvalue weighted by Gasteiger charge is -2.33. The van der Waals surface area contributed by atoms with Gasteiger partial charge in [0.1, 0.15) is 0 Å². The van der Waals surface area contributed by atoms with Crippen molar-refractivity contribution in [2.75, 3.05) is 0 Å². The summed E-state index contributed by atoms with van der Waals surface area (Å²) in [5.74, 6) is 2.03. The third-order valence-corrected chi connectivity index (χ3v) is 3.74. The van der Waals surface area contributed by atoms with Crippen molar-refractivity contribution in [3.63, 3.8) is 0 Å². The zero-order valence-electron chi connectivity index (χ0n) is 12.0. The Balaban J connectivity index is 2.92. The van der Waals surface area contributed by atoms with Crippen molar-refractivity contribution < 1.29 is 4.84 Å². The van der Waals surface area contributed by atoms with Crippen molar-refractivity contribution in [3.05, 3.63) is 0 Å². The zero-order chi connectivity index (χ0) is 12.5. The van der Waals surface area contributed by atoms with Gasteiger partial charge in [-0.2, -0.15) is 5.06 Å². The van der Waals surface area contributed by atoms with E-state index in [1.54, 1.807) is 0 Å². The fraction of sp³-hybridized carbons (Fsp3) is 1.00. The van der Waals surface area contributed by atoms with Gasteiger partial charge in [-0.25, -0.2) is 0 Å². The second kappa shape index (κ2) is 5.50. The number of hydroxylamine groups is 2. The summed E-state index contributed by atoms with van der Waals surface area (Å²) in [4.78, 5) is 6.15. The van der Waals surface area contributed by atoms with E-state index < -0.39 is 0 Å². The van der Waals surface area contributed by atoms with Gasteiger partial charge >= 0.3 is 0 Å². The predicted molar refractivity (Wildman–Crippen MR) is 69.1 cm³/mol. The lowest BCUT2D eigenvalue weighted by molar-refractivity contribution is -0.187. The van der Waals surface area contributed by atoms with E-state index in [-0.39, 0.29) is 0 Å². The number of hydrogen-bond donors (Lipinski definition) is 0. The Morgan fingerprint density at radius 1 is 1.00 bits per heavy atom. The molecule has 1 heterocycles. The molecule has 1 aliphatic rings. The van der Waals surface area contributed by atoms with E-state index in [0.717, 1.165) is 6.42 Å². The first-order valence-electron chi connectivity index (χ1n) is 6.85. The van der Waals surface area contributed by atoms with Gasteiger partial charge in [0.25, 0.3) is 0 Å². The van der Waals surface area contributed by atoms with Gasteiger partial charge in [-0.3, -0.25) is 4.84 Å². The molecule has 0 spiro atoms. The third-order valence-electron chi connectivity index (χ3n) is 3.74. The Kier molecular flexibility index (Phi) is 4.81. The molecule has 2 heteroatoms. The Bertz CT molecular complexity index is 213.